The van der Waals surface area contributed by atoms with E-state index in [1.54, 1.807) is 4.86 Å². The fourth-order valence-electron chi connectivity index (χ4n) is 0. The summed E-state index contributed by atoms with van der Waals surface area (Å²) >= 11 is -1.49. The van der Waals surface area contributed by atoms with E-state index in [2.05, 4.69) is 6.58 Å². The van der Waals surface area contributed by atoms with Crippen LogP contribution in [0, 0.1) is 0 Å². The molecular formula is C2H3AsCl2. The van der Waals surface area contributed by atoms with Gasteiger partial charge in [0.2, 0.25) is 0 Å². The Morgan fingerprint density at radius 2 is 1.80 bits per heavy atom. The zero-order valence-electron chi connectivity index (χ0n) is 2.49. The SMILES string of the molecule is C=C[As](Cl)Cl. The molecule has 0 N–H and O–H groups in total. The normalized spacial score (nSPS) is 8.60. The minimum absolute atomic E-state index is 1.49. The fourth-order valence-corrected chi connectivity index (χ4v) is 0. The standard InChI is InChI=1S/C2H3AsCl2/c1-2-3(4)5/h2H,1H2. The van der Waals surface area contributed by atoms with Gasteiger partial charge >= 0.3 is 44.1 Å². The van der Waals surface area contributed by atoms with Crippen molar-refractivity contribution in [2.75, 3.05) is 0 Å². The van der Waals surface area contributed by atoms with Crippen LogP contribution >= 0.6 is 19.9 Å². The van der Waals surface area contributed by atoms with Gasteiger partial charge in [0.15, 0.2) is 0 Å². The van der Waals surface area contributed by atoms with Gasteiger partial charge in [0, 0.05) is 0 Å². The Kier molecular flexibility index (Phi) is 3.63. The van der Waals surface area contributed by atoms with Crippen molar-refractivity contribution in [2.45, 2.75) is 0 Å². The molecule has 0 fully saturated rings. The van der Waals surface area contributed by atoms with Crippen molar-refractivity contribution in [2.24, 2.45) is 0 Å². The molecule has 0 rings (SSSR count). The third-order valence-electron chi connectivity index (χ3n) is 0.138. The molecule has 0 saturated heterocycles. The fraction of sp³-hybridized carbons (Fsp3) is 0. The number of rotatable bonds is 1. The van der Waals surface area contributed by atoms with E-state index < -0.39 is 12.8 Å². The van der Waals surface area contributed by atoms with Gasteiger partial charge < -0.3 is 0 Å². The van der Waals surface area contributed by atoms with Crippen molar-refractivity contribution in [3.05, 3.63) is 11.4 Å². The minimum atomic E-state index is -1.49. The maximum atomic E-state index is 5.26. The van der Waals surface area contributed by atoms with Gasteiger partial charge in [-0.1, -0.05) is 0 Å². The molecule has 0 unspecified atom stereocenters. The van der Waals surface area contributed by atoms with E-state index in [0.717, 1.165) is 0 Å². The van der Waals surface area contributed by atoms with Crippen molar-refractivity contribution in [1.82, 2.24) is 0 Å². The number of hydrogen-bond acceptors (Lipinski definition) is 0. The summed E-state index contributed by atoms with van der Waals surface area (Å²) in [5.41, 5.74) is 0. The molecule has 5 heavy (non-hydrogen) atoms. The van der Waals surface area contributed by atoms with Gasteiger partial charge in [-0.2, -0.15) is 0 Å². The Bertz CT molecular complexity index is 34.6. The molecule has 3 heteroatoms. The predicted molar refractivity (Wildman–Crippen MR) is 27.7 cm³/mol. The summed E-state index contributed by atoms with van der Waals surface area (Å²) in [6.07, 6.45) is 0. The number of hydrogen-bond donors (Lipinski definition) is 0. The molecule has 0 aliphatic heterocycles. The van der Waals surface area contributed by atoms with E-state index in [4.69, 9.17) is 19.9 Å². The molecule has 0 amide bonds. The van der Waals surface area contributed by atoms with Crippen LogP contribution in [-0.2, 0) is 0 Å². The Labute approximate surface area is 44.3 Å². The average molecular weight is 173 g/mol. The zero-order valence-corrected chi connectivity index (χ0v) is 5.88. The third kappa shape index (κ3) is 4.88. The molecular weight excluding hydrogens is 170 g/mol. The molecule has 0 aromatic heterocycles. The molecule has 0 bridgehead atoms. The summed E-state index contributed by atoms with van der Waals surface area (Å²) < 4.78 is 0. The van der Waals surface area contributed by atoms with E-state index in [1.807, 2.05) is 0 Å². The van der Waals surface area contributed by atoms with Crippen LogP contribution in [0.5, 0.6) is 0 Å². The molecule has 0 aromatic carbocycles. The monoisotopic (exact) mass is 172 g/mol. The van der Waals surface area contributed by atoms with Gasteiger partial charge in [0.05, 0.1) is 0 Å². The second-order valence-electron chi connectivity index (χ2n) is 0.442. The first-order chi connectivity index (χ1) is 2.27. The topological polar surface area (TPSA) is 0 Å². The Balaban J connectivity index is 2.83. The first-order valence-electron chi connectivity index (χ1n) is 1.00. The van der Waals surface area contributed by atoms with Gasteiger partial charge in [-0.15, -0.1) is 0 Å². The zero-order chi connectivity index (χ0) is 4.28. The maximum absolute atomic E-state index is 5.26. The van der Waals surface area contributed by atoms with Crippen LogP contribution in [-0.4, -0.2) is 12.8 Å². The average Bonchev–Trinajstić information content (AvgIpc) is 1.38. The summed E-state index contributed by atoms with van der Waals surface area (Å²) in [5.74, 6) is 0. The summed E-state index contributed by atoms with van der Waals surface area (Å²) in [6.45, 7) is 3.36. The summed E-state index contributed by atoms with van der Waals surface area (Å²) in [7, 11) is 10.5. The quantitative estimate of drug-likeness (QED) is 0.529. The van der Waals surface area contributed by atoms with Crippen LogP contribution in [0.3, 0.4) is 0 Å². The van der Waals surface area contributed by atoms with Gasteiger partial charge in [0.1, 0.15) is 0 Å². The summed E-state index contributed by atoms with van der Waals surface area (Å²) in [4.78, 5) is 1.59. The van der Waals surface area contributed by atoms with E-state index >= 15 is 0 Å². The van der Waals surface area contributed by atoms with E-state index in [-0.39, 0.29) is 0 Å². The van der Waals surface area contributed by atoms with Crippen LogP contribution in [0.25, 0.3) is 0 Å². The van der Waals surface area contributed by atoms with E-state index in [0.29, 0.717) is 0 Å². The first-order valence-corrected chi connectivity index (χ1v) is 7.02. The van der Waals surface area contributed by atoms with Gasteiger partial charge in [-0.05, 0) is 0 Å². The summed E-state index contributed by atoms with van der Waals surface area (Å²) in [6, 6.07) is 0. The van der Waals surface area contributed by atoms with Crippen LogP contribution in [0.1, 0.15) is 0 Å². The van der Waals surface area contributed by atoms with Crippen LogP contribution in [0.15, 0.2) is 11.4 Å². The van der Waals surface area contributed by atoms with E-state index in [9.17, 15) is 0 Å². The second kappa shape index (κ2) is 3.08. The van der Waals surface area contributed by atoms with Gasteiger partial charge in [0.25, 0.3) is 0 Å². The molecule has 0 nitrogen and oxygen atoms in total. The number of halogens is 2. The van der Waals surface area contributed by atoms with Crippen LogP contribution in [0.2, 0.25) is 0 Å². The molecule has 0 aliphatic carbocycles. The molecule has 0 saturated carbocycles. The van der Waals surface area contributed by atoms with E-state index in [1.165, 1.54) is 0 Å². The van der Waals surface area contributed by atoms with Gasteiger partial charge in [-0.3, -0.25) is 0 Å². The molecule has 30 valence electrons. The Morgan fingerprint density at radius 3 is 1.80 bits per heavy atom. The second-order valence-corrected chi connectivity index (χ2v) is 6.98. The molecule has 0 aromatic rings. The molecule has 0 spiro atoms. The van der Waals surface area contributed by atoms with Crippen molar-refractivity contribution in [3.63, 3.8) is 0 Å². The van der Waals surface area contributed by atoms with Crippen LogP contribution < -0.4 is 0 Å². The van der Waals surface area contributed by atoms with Crippen molar-refractivity contribution < 1.29 is 0 Å². The van der Waals surface area contributed by atoms with Crippen molar-refractivity contribution >= 4 is 32.7 Å². The molecule has 0 radical (unpaired) electrons. The van der Waals surface area contributed by atoms with Crippen LogP contribution in [0.4, 0.5) is 0 Å². The Morgan fingerprint density at radius 1 is 1.60 bits per heavy atom. The molecule has 0 aliphatic rings. The molecule has 0 atom stereocenters. The predicted octanol–water partition coefficient (Wildman–Crippen LogP) is 1.68. The van der Waals surface area contributed by atoms with Crippen molar-refractivity contribution in [3.8, 4) is 0 Å². The molecule has 0 heterocycles. The first kappa shape index (κ1) is 5.88. The summed E-state index contributed by atoms with van der Waals surface area (Å²) in [5, 5.41) is 0. The third-order valence-corrected chi connectivity index (χ3v) is 2.15. The van der Waals surface area contributed by atoms with Gasteiger partial charge in [-0.25, -0.2) is 0 Å². The van der Waals surface area contributed by atoms with Crippen molar-refractivity contribution in [1.29, 1.82) is 0 Å². The Hall–Kier alpha value is 0.878.